The van der Waals surface area contributed by atoms with Gasteiger partial charge in [0, 0.05) is 0 Å². The number of aliphatic hydroxyl groups is 1. The molecule has 1 aromatic carbocycles. The van der Waals surface area contributed by atoms with Crippen LogP contribution in [-0.4, -0.2) is 74.7 Å². The fraction of sp³-hybridized carbons (Fsp3) is 0.730. The molecule has 1 N–H and O–H groups in total. The van der Waals surface area contributed by atoms with E-state index in [4.69, 9.17) is 23.7 Å². The third-order valence-electron chi connectivity index (χ3n) is 9.27. The van der Waals surface area contributed by atoms with Gasteiger partial charge in [-0.3, -0.25) is 19.2 Å². The molecule has 1 aliphatic rings. The molecule has 266 valence electrons. The molecule has 6 atom stereocenters. The fourth-order valence-corrected chi connectivity index (χ4v) is 6.40. The third kappa shape index (κ3) is 11.9. The molecule has 10 heteroatoms. The van der Waals surface area contributed by atoms with Crippen LogP contribution in [0.5, 0.6) is 0 Å². The molecule has 0 spiro atoms. The van der Waals surface area contributed by atoms with E-state index in [2.05, 4.69) is 0 Å². The van der Waals surface area contributed by atoms with Gasteiger partial charge in [-0.25, -0.2) is 0 Å². The number of esters is 4. The summed E-state index contributed by atoms with van der Waals surface area (Å²) in [5.74, 6) is -2.26. The maximum atomic E-state index is 14.1. The van der Waals surface area contributed by atoms with Crippen molar-refractivity contribution in [3.8, 4) is 0 Å². The highest BCUT2D eigenvalue weighted by Gasteiger charge is 2.52. The topological polar surface area (TPSA) is 138 Å². The predicted octanol–water partition coefficient (Wildman–Crippen LogP) is 6.17. The van der Waals surface area contributed by atoms with Crippen LogP contribution in [0.15, 0.2) is 30.3 Å². The van der Waals surface area contributed by atoms with Crippen LogP contribution < -0.4 is 0 Å². The van der Waals surface area contributed by atoms with Gasteiger partial charge >= 0.3 is 23.9 Å². The zero-order valence-corrected chi connectivity index (χ0v) is 30.0. The molecule has 2 rings (SSSR count). The highest BCUT2D eigenvalue weighted by molar-refractivity contribution is 5.83. The first-order valence-electron chi connectivity index (χ1n) is 16.9. The zero-order chi connectivity index (χ0) is 35.5. The Morgan fingerprint density at radius 2 is 1.45 bits per heavy atom. The second-order valence-electron chi connectivity index (χ2n) is 14.8. The average Bonchev–Trinajstić information content (AvgIpc) is 3.86. The molecule has 0 radical (unpaired) electrons. The molecule has 1 heterocycles. The summed E-state index contributed by atoms with van der Waals surface area (Å²) >= 11 is 0. The lowest BCUT2D eigenvalue weighted by molar-refractivity contribution is -0.169. The number of methoxy groups -OCH3 is 1. The number of hydrogen-bond acceptors (Lipinski definition) is 10. The number of aliphatic hydroxyl groups excluding tert-OH is 1. The van der Waals surface area contributed by atoms with Crippen molar-refractivity contribution in [3.63, 3.8) is 0 Å². The molecule has 0 bridgehead atoms. The number of carbonyl (C=O) groups is 4. The maximum Gasteiger partial charge on any atom is 0.311 e. The van der Waals surface area contributed by atoms with Gasteiger partial charge in [-0.2, -0.15) is 0 Å². The van der Waals surface area contributed by atoms with Crippen molar-refractivity contribution in [2.45, 2.75) is 118 Å². The van der Waals surface area contributed by atoms with Crippen molar-refractivity contribution < 1.29 is 48.0 Å². The summed E-state index contributed by atoms with van der Waals surface area (Å²) in [6, 6.07) is 9.59. The molecule has 0 saturated carbocycles. The van der Waals surface area contributed by atoms with Crippen LogP contribution in [0.2, 0.25) is 0 Å². The minimum Gasteiger partial charge on any atom is -0.469 e. The lowest BCUT2D eigenvalue weighted by Crippen LogP contribution is -2.46. The predicted molar refractivity (Wildman–Crippen MR) is 177 cm³/mol. The summed E-state index contributed by atoms with van der Waals surface area (Å²) in [6.45, 7) is 15.1. The van der Waals surface area contributed by atoms with Crippen LogP contribution in [0.1, 0.15) is 112 Å². The second-order valence-corrected chi connectivity index (χ2v) is 14.8. The Bertz CT molecular complexity index is 1180. The van der Waals surface area contributed by atoms with Crippen molar-refractivity contribution in [1.29, 1.82) is 0 Å². The highest BCUT2D eigenvalue weighted by Crippen LogP contribution is 2.50. The van der Waals surface area contributed by atoms with E-state index in [9.17, 15) is 24.3 Å². The molecule has 1 saturated heterocycles. The zero-order valence-electron chi connectivity index (χ0n) is 30.0. The summed E-state index contributed by atoms with van der Waals surface area (Å²) in [5.41, 5.74) is -3.65. The molecule has 1 aromatic rings. The molecule has 6 unspecified atom stereocenters. The van der Waals surface area contributed by atoms with Gasteiger partial charge in [-0.1, -0.05) is 50.6 Å². The van der Waals surface area contributed by atoms with Crippen molar-refractivity contribution in [1.82, 2.24) is 0 Å². The number of benzene rings is 1. The fourth-order valence-electron chi connectivity index (χ4n) is 6.40. The first-order chi connectivity index (χ1) is 21.9. The number of hydrogen-bond donors (Lipinski definition) is 1. The van der Waals surface area contributed by atoms with Crippen LogP contribution in [0.3, 0.4) is 0 Å². The maximum absolute atomic E-state index is 14.1. The highest BCUT2D eigenvalue weighted by atomic mass is 16.6. The first kappa shape index (κ1) is 40.2. The molecule has 47 heavy (non-hydrogen) atoms. The van der Waals surface area contributed by atoms with E-state index >= 15 is 0 Å². The minimum absolute atomic E-state index is 0.0175. The summed E-state index contributed by atoms with van der Waals surface area (Å²) < 4.78 is 27.3. The van der Waals surface area contributed by atoms with E-state index in [-0.39, 0.29) is 57.1 Å². The van der Waals surface area contributed by atoms with Gasteiger partial charge in [0.05, 0.1) is 48.1 Å². The van der Waals surface area contributed by atoms with Crippen molar-refractivity contribution in [3.05, 3.63) is 35.9 Å². The van der Waals surface area contributed by atoms with Crippen molar-refractivity contribution in [2.24, 2.45) is 21.7 Å². The van der Waals surface area contributed by atoms with E-state index < -0.39 is 45.7 Å². The van der Waals surface area contributed by atoms with Crippen molar-refractivity contribution in [2.75, 3.05) is 33.5 Å². The van der Waals surface area contributed by atoms with E-state index in [0.717, 1.165) is 18.4 Å². The molecule has 0 amide bonds. The van der Waals surface area contributed by atoms with Gasteiger partial charge in [0.2, 0.25) is 0 Å². The minimum atomic E-state index is -1.30. The van der Waals surface area contributed by atoms with Crippen LogP contribution in [0, 0.1) is 21.7 Å². The molecule has 0 aliphatic carbocycles. The Labute approximate surface area is 281 Å². The Hall–Kier alpha value is -2.98. The van der Waals surface area contributed by atoms with E-state index in [0.29, 0.717) is 19.4 Å². The largest absolute Gasteiger partial charge is 0.469 e. The number of ether oxygens (including phenoxy) is 5. The number of carbonyl (C=O) groups excluding carboxylic acids is 4. The Balaban J connectivity index is 2.55. The summed E-state index contributed by atoms with van der Waals surface area (Å²) in [5, 5.41) is 9.97. The molecule has 10 nitrogen and oxygen atoms in total. The molecule has 1 fully saturated rings. The van der Waals surface area contributed by atoms with Crippen molar-refractivity contribution >= 4 is 23.9 Å². The molecular formula is C37H58O10. The van der Waals surface area contributed by atoms with E-state index in [1.54, 1.807) is 20.8 Å². The molecule has 1 aliphatic heterocycles. The summed E-state index contributed by atoms with van der Waals surface area (Å²) in [6.07, 6.45) is 1.64. The SMILES string of the molecule is CCCCOC(=O)C(C)(CC)CC(C)(CC(C)(CC(CC(C)(C)C(=O)OCC1CO1)c1ccccc1)C(=O)OCC(C)O)C(=O)OC. The van der Waals surface area contributed by atoms with Gasteiger partial charge in [-0.05, 0) is 91.5 Å². The molecule has 0 aromatic heterocycles. The van der Waals surface area contributed by atoms with Gasteiger partial charge in [0.15, 0.2) is 0 Å². The van der Waals surface area contributed by atoms with Gasteiger partial charge in [0.25, 0.3) is 0 Å². The van der Waals surface area contributed by atoms with Gasteiger partial charge < -0.3 is 28.8 Å². The van der Waals surface area contributed by atoms with Crippen LogP contribution >= 0.6 is 0 Å². The molecular weight excluding hydrogens is 604 g/mol. The quantitative estimate of drug-likeness (QED) is 0.0704. The normalized spacial score (nSPS) is 19.6. The monoisotopic (exact) mass is 662 g/mol. The third-order valence-corrected chi connectivity index (χ3v) is 9.27. The average molecular weight is 663 g/mol. The first-order valence-corrected chi connectivity index (χ1v) is 16.9. The number of epoxide rings is 1. The Morgan fingerprint density at radius 3 is 1.98 bits per heavy atom. The Kier molecular flexibility index (Phi) is 14.9. The number of unbranched alkanes of at least 4 members (excludes halogenated alkanes) is 1. The van der Waals surface area contributed by atoms with Gasteiger partial charge in [0.1, 0.15) is 19.3 Å². The second kappa shape index (κ2) is 17.4. The standard InChI is InChI=1S/C37H58O10/c1-10-12-18-44-32(41)35(6,11-2)24-37(8,31(40)43-9)25-36(7,33(42)46-21-26(3)38)20-28(27-16-14-13-15-17-27)19-34(4,5)30(39)47-23-29-22-45-29/h13-17,26,28-29,38H,10-12,18-25H2,1-9H3. The van der Waals surface area contributed by atoms with Crippen LogP contribution in [0.4, 0.5) is 0 Å². The lowest BCUT2D eigenvalue weighted by Gasteiger charge is -2.42. The summed E-state index contributed by atoms with van der Waals surface area (Å²) in [7, 11) is 1.29. The lowest BCUT2D eigenvalue weighted by atomic mass is 9.61. The van der Waals surface area contributed by atoms with Gasteiger partial charge in [-0.15, -0.1) is 0 Å². The van der Waals surface area contributed by atoms with Crippen LogP contribution in [-0.2, 0) is 42.9 Å². The Morgan fingerprint density at radius 1 is 0.851 bits per heavy atom. The number of rotatable bonds is 21. The van der Waals surface area contributed by atoms with E-state index in [1.165, 1.54) is 14.0 Å². The van der Waals surface area contributed by atoms with Crippen LogP contribution in [0.25, 0.3) is 0 Å². The smallest absolute Gasteiger partial charge is 0.311 e. The summed E-state index contributed by atoms with van der Waals surface area (Å²) in [4.78, 5) is 54.3. The van der Waals surface area contributed by atoms with E-state index in [1.807, 2.05) is 58.0 Å².